The van der Waals surface area contributed by atoms with Crippen molar-refractivity contribution in [2.24, 2.45) is 4.99 Å². The lowest BCUT2D eigenvalue weighted by atomic mass is 10.1. The molecule has 0 aliphatic rings. The van der Waals surface area contributed by atoms with Gasteiger partial charge in [0.1, 0.15) is 11.4 Å². The molecule has 0 aliphatic heterocycles. The average molecular weight is 529 g/mol. The minimum absolute atomic E-state index is 0. The van der Waals surface area contributed by atoms with Crippen LogP contribution in [0.2, 0.25) is 0 Å². The summed E-state index contributed by atoms with van der Waals surface area (Å²) < 4.78 is 11.4. The molecular weight excluding hydrogens is 493 g/mol. The molecule has 2 N–H and O–H groups in total. The highest BCUT2D eigenvalue weighted by atomic mass is 127. The van der Waals surface area contributed by atoms with Gasteiger partial charge in [-0.2, -0.15) is 4.98 Å². The molecule has 0 bridgehead atoms. The summed E-state index contributed by atoms with van der Waals surface area (Å²) in [6.45, 7) is 16.3. The zero-order chi connectivity index (χ0) is 21.4. The van der Waals surface area contributed by atoms with E-state index in [2.05, 4.69) is 66.7 Å². The van der Waals surface area contributed by atoms with E-state index >= 15 is 0 Å². The third-order valence-electron chi connectivity index (χ3n) is 4.02. The number of hydrogen-bond acceptors (Lipinski definition) is 5. The van der Waals surface area contributed by atoms with E-state index in [9.17, 15) is 0 Å². The van der Waals surface area contributed by atoms with Crippen molar-refractivity contribution in [3.8, 4) is 5.75 Å². The van der Waals surface area contributed by atoms with Crippen LogP contribution < -0.4 is 15.4 Å². The zero-order valence-electron chi connectivity index (χ0n) is 19.2. The number of aliphatic imine (C=N–C) groups is 1. The summed E-state index contributed by atoms with van der Waals surface area (Å²) >= 11 is 0. The number of nitrogens with one attached hydrogen (secondary N) is 2. The quantitative estimate of drug-likeness (QED) is 0.296. The maximum atomic E-state index is 6.13. The molecular formula is C22H36IN5O2. The number of benzene rings is 1. The Kier molecular flexibility index (Phi) is 10.6. The van der Waals surface area contributed by atoms with E-state index in [0.717, 1.165) is 29.6 Å². The SMILES string of the molecule is CCNC(=NCc1ccc(C)cc1OC(C)(C)C)NCCc1nc(C(C)C)no1.I. The molecule has 0 saturated heterocycles. The van der Waals surface area contributed by atoms with Gasteiger partial charge in [-0.1, -0.05) is 31.1 Å². The molecule has 0 unspecified atom stereocenters. The molecule has 0 amide bonds. The predicted molar refractivity (Wildman–Crippen MR) is 132 cm³/mol. The van der Waals surface area contributed by atoms with E-state index in [-0.39, 0.29) is 35.5 Å². The van der Waals surface area contributed by atoms with E-state index in [0.29, 0.717) is 25.4 Å². The van der Waals surface area contributed by atoms with Gasteiger partial charge < -0.3 is 19.9 Å². The van der Waals surface area contributed by atoms with Crippen LogP contribution in [0.5, 0.6) is 5.75 Å². The van der Waals surface area contributed by atoms with Gasteiger partial charge in [0, 0.05) is 31.0 Å². The number of aromatic nitrogens is 2. The lowest BCUT2D eigenvalue weighted by molar-refractivity contribution is 0.129. The van der Waals surface area contributed by atoms with Crippen LogP contribution in [0.15, 0.2) is 27.7 Å². The molecule has 0 fully saturated rings. The first kappa shape index (κ1) is 26.2. The van der Waals surface area contributed by atoms with E-state index in [1.807, 2.05) is 20.8 Å². The third-order valence-corrected chi connectivity index (χ3v) is 4.02. The summed E-state index contributed by atoms with van der Waals surface area (Å²) in [5, 5.41) is 10.6. The Bertz CT molecular complexity index is 812. The highest BCUT2D eigenvalue weighted by Gasteiger charge is 2.15. The van der Waals surface area contributed by atoms with Crippen molar-refractivity contribution in [1.29, 1.82) is 0 Å². The van der Waals surface area contributed by atoms with Crippen molar-refractivity contribution >= 4 is 29.9 Å². The highest BCUT2D eigenvalue weighted by Crippen LogP contribution is 2.25. The molecule has 1 aromatic heterocycles. The average Bonchev–Trinajstić information content (AvgIpc) is 3.09. The molecule has 2 aromatic rings. The van der Waals surface area contributed by atoms with E-state index in [1.54, 1.807) is 0 Å². The van der Waals surface area contributed by atoms with Gasteiger partial charge in [0.05, 0.1) is 6.54 Å². The third kappa shape index (κ3) is 8.89. The van der Waals surface area contributed by atoms with Gasteiger partial charge in [-0.05, 0) is 46.2 Å². The van der Waals surface area contributed by atoms with Crippen LogP contribution in [0, 0.1) is 6.92 Å². The van der Waals surface area contributed by atoms with Crippen molar-refractivity contribution in [3.05, 3.63) is 41.0 Å². The molecule has 0 radical (unpaired) electrons. The number of hydrogen-bond donors (Lipinski definition) is 2. The van der Waals surface area contributed by atoms with Crippen molar-refractivity contribution in [2.45, 2.75) is 73.0 Å². The predicted octanol–water partition coefficient (Wildman–Crippen LogP) is 4.59. The van der Waals surface area contributed by atoms with Crippen LogP contribution in [0.1, 0.15) is 70.3 Å². The topological polar surface area (TPSA) is 84.6 Å². The fourth-order valence-corrected chi connectivity index (χ4v) is 2.62. The molecule has 30 heavy (non-hydrogen) atoms. The van der Waals surface area contributed by atoms with E-state index < -0.39 is 0 Å². The van der Waals surface area contributed by atoms with Crippen molar-refractivity contribution in [1.82, 2.24) is 20.8 Å². The number of nitrogens with zero attached hydrogens (tertiary/aromatic N) is 3. The number of guanidine groups is 1. The molecule has 8 heteroatoms. The Morgan fingerprint density at radius 1 is 1.23 bits per heavy atom. The molecule has 168 valence electrons. The monoisotopic (exact) mass is 529 g/mol. The number of rotatable bonds is 8. The molecule has 0 aliphatic carbocycles. The molecule has 2 rings (SSSR count). The maximum Gasteiger partial charge on any atom is 0.228 e. The van der Waals surface area contributed by atoms with Crippen LogP contribution in [-0.4, -0.2) is 34.8 Å². The van der Waals surface area contributed by atoms with Crippen molar-refractivity contribution in [3.63, 3.8) is 0 Å². The first-order chi connectivity index (χ1) is 13.7. The first-order valence-electron chi connectivity index (χ1n) is 10.3. The standard InChI is InChI=1S/C22H35N5O2.HI/c1-8-23-21(24-12-11-19-26-20(15(2)3)27-29-19)25-14-17-10-9-16(4)13-18(17)28-22(5,6)7;/h9-10,13,15H,8,11-12,14H2,1-7H3,(H2,23,24,25);1H. The summed E-state index contributed by atoms with van der Waals surface area (Å²) in [6.07, 6.45) is 0.646. The Labute approximate surface area is 197 Å². The second-order valence-corrected chi connectivity index (χ2v) is 8.40. The molecule has 0 atom stereocenters. The fourth-order valence-electron chi connectivity index (χ4n) is 2.62. The van der Waals surface area contributed by atoms with Gasteiger partial charge in [-0.25, -0.2) is 4.99 Å². The number of halogens is 1. The van der Waals surface area contributed by atoms with Gasteiger partial charge in [-0.15, -0.1) is 24.0 Å². The summed E-state index contributed by atoms with van der Waals surface area (Å²) in [4.78, 5) is 9.12. The summed E-state index contributed by atoms with van der Waals surface area (Å²) in [5.74, 6) is 3.27. The summed E-state index contributed by atoms with van der Waals surface area (Å²) in [5.41, 5.74) is 1.97. The minimum atomic E-state index is -0.256. The Morgan fingerprint density at radius 3 is 2.57 bits per heavy atom. The summed E-state index contributed by atoms with van der Waals surface area (Å²) in [7, 11) is 0. The molecule has 7 nitrogen and oxygen atoms in total. The Balaban J connectivity index is 0.00000450. The molecule has 1 aromatic carbocycles. The molecule has 0 saturated carbocycles. The van der Waals surface area contributed by atoms with E-state index in [1.165, 1.54) is 5.56 Å². The Hall–Kier alpha value is -1.84. The van der Waals surface area contributed by atoms with Crippen LogP contribution in [0.4, 0.5) is 0 Å². The first-order valence-corrected chi connectivity index (χ1v) is 10.3. The normalized spacial score (nSPS) is 11.9. The zero-order valence-corrected chi connectivity index (χ0v) is 21.5. The highest BCUT2D eigenvalue weighted by molar-refractivity contribution is 14.0. The Morgan fingerprint density at radius 2 is 1.97 bits per heavy atom. The fraction of sp³-hybridized carbons (Fsp3) is 0.591. The van der Waals surface area contributed by atoms with Crippen LogP contribution >= 0.6 is 24.0 Å². The van der Waals surface area contributed by atoms with Crippen molar-refractivity contribution in [2.75, 3.05) is 13.1 Å². The van der Waals surface area contributed by atoms with Gasteiger partial charge in [0.2, 0.25) is 5.89 Å². The lowest BCUT2D eigenvalue weighted by Gasteiger charge is -2.23. The minimum Gasteiger partial charge on any atom is -0.488 e. The maximum absolute atomic E-state index is 6.13. The van der Waals surface area contributed by atoms with Crippen molar-refractivity contribution < 1.29 is 9.26 Å². The second kappa shape index (κ2) is 12.1. The largest absolute Gasteiger partial charge is 0.488 e. The molecule has 1 heterocycles. The number of ether oxygens (including phenoxy) is 1. The smallest absolute Gasteiger partial charge is 0.228 e. The summed E-state index contributed by atoms with van der Waals surface area (Å²) in [6, 6.07) is 6.23. The van der Waals surface area contributed by atoms with Crippen LogP contribution in [-0.2, 0) is 13.0 Å². The van der Waals surface area contributed by atoms with Gasteiger partial charge in [0.25, 0.3) is 0 Å². The lowest BCUT2D eigenvalue weighted by Crippen LogP contribution is -2.38. The van der Waals surface area contributed by atoms with Crippen LogP contribution in [0.25, 0.3) is 0 Å². The van der Waals surface area contributed by atoms with E-state index in [4.69, 9.17) is 14.3 Å². The van der Waals surface area contributed by atoms with Gasteiger partial charge in [-0.3, -0.25) is 0 Å². The van der Waals surface area contributed by atoms with Gasteiger partial charge >= 0.3 is 0 Å². The van der Waals surface area contributed by atoms with Gasteiger partial charge in [0.15, 0.2) is 11.8 Å². The number of aryl methyl sites for hydroxylation is 1. The second-order valence-electron chi connectivity index (χ2n) is 8.40. The van der Waals surface area contributed by atoms with Crippen LogP contribution in [0.3, 0.4) is 0 Å². The molecule has 0 spiro atoms.